The third-order valence-corrected chi connectivity index (χ3v) is 6.43. The van der Waals surface area contributed by atoms with Gasteiger partial charge in [-0.1, -0.05) is 0 Å². The molecule has 0 N–H and O–H groups in total. The Labute approximate surface area is 226 Å². The number of morpholine rings is 1. The minimum atomic E-state index is -0.684. The van der Waals surface area contributed by atoms with Gasteiger partial charge in [0.25, 0.3) is 5.56 Å². The van der Waals surface area contributed by atoms with Crippen LogP contribution in [0.4, 0.5) is 0 Å². The number of hydrogen-bond donors (Lipinski definition) is 0. The Balaban J connectivity index is 2.22. The first-order valence-electron chi connectivity index (χ1n) is 12.7. The van der Waals surface area contributed by atoms with Crippen LogP contribution < -0.4 is 34.3 Å². The molecule has 0 unspecified atom stereocenters. The second-order valence-corrected chi connectivity index (χ2v) is 8.52. The van der Waals surface area contributed by atoms with E-state index in [9.17, 15) is 9.59 Å². The molecule has 1 aliphatic heterocycles. The third kappa shape index (κ3) is 5.14. The molecular formula is C28H34N2O9. The average Bonchev–Trinajstić information content (AvgIpc) is 2.97. The van der Waals surface area contributed by atoms with Crippen LogP contribution in [0, 0.1) is 0 Å². The van der Waals surface area contributed by atoms with Crippen molar-refractivity contribution in [3.05, 3.63) is 40.3 Å². The molecule has 0 saturated carbocycles. The summed E-state index contributed by atoms with van der Waals surface area (Å²) in [6.45, 7) is 6.07. The van der Waals surface area contributed by atoms with Gasteiger partial charge in [0, 0.05) is 10.9 Å². The molecule has 1 aromatic heterocycles. The lowest BCUT2D eigenvalue weighted by molar-refractivity contribution is 0.0580. The summed E-state index contributed by atoms with van der Waals surface area (Å²) in [5.74, 6) is 1.35. The van der Waals surface area contributed by atoms with Gasteiger partial charge in [0.2, 0.25) is 5.75 Å². The van der Waals surface area contributed by atoms with Crippen LogP contribution in [0.3, 0.4) is 0 Å². The van der Waals surface area contributed by atoms with Crippen molar-refractivity contribution in [2.24, 2.45) is 0 Å². The summed E-state index contributed by atoms with van der Waals surface area (Å²) in [5.41, 5.74) is 0.639. The summed E-state index contributed by atoms with van der Waals surface area (Å²) in [4.78, 5) is 27.6. The smallest absolute Gasteiger partial charge is 0.357 e. The summed E-state index contributed by atoms with van der Waals surface area (Å²) < 4.78 is 40.6. The molecule has 0 atom stereocenters. The number of hydrogen-bond acceptors (Lipinski definition) is 10. The number of benzene rings is 2. The van der Waals surface area contributed by atoms with Gasteiger partial charge in [-0.3, -0.25) is 4.79 Å². The molecule has 4 rings (SSSR count). The number of aromatic nitrogens is 1. The highest BCUT2D eigenvalue weighted by atomic mass is 16.5. The Bertz CT molecular complexity index is 1390. The predicted octanol–water partition coefficient (Wildman–Crippen LogP) is 3.25. The fourth-order valence-corrected chi connectivity index (χ4v) is 4.76. The Morgan fingerprint density at radius 1 is 0.821 bits per heavy atom. The number of fused-ring (bicyclic) bond motifs is 1. The van der Waals surface area contributed by atoms with Crippen LogP contribution in [0.5, 0.6) is 28.7 Å². The summed E-state index contributed by atoms with van der Waals surface area (Å²) in [5, 5.41) is 2.60. The van der Waals surface area contributed by atoms with Crippen molar-refractivity contribution in [2.45, 2.75) is 13.8 Å². The number of methoxy groups -OCH3 is 4. The largest absolute Gasteiger partial charge is 0.493 e. The standard InChI is InChI=1S/C28H34N2O9/c1-7-38-20-15-18-19(16-21(20)39-8-2)27(31)30(29-9-11-37-12-10-29)25(28(32)36-6)24(18)17-13-22(33-3)26(35-5)23(14-17)34-4/h13-16H,7-12H2,1-6H3. The Hall–Kier alpha value is -4.12. The fourth-order valence-electron chi connectivity index (χ4n) is 4.76. The van der Waals surface area contributed by atoms with E-state index in [1.807, 2.05) is 13.8 Å². The van der Waals surface area contributed by atoms with Crippen LogP contribution in [-0.2, 0) is 9.47 Å². The van der Waals surface area contributed by atoms with E-state index in [2.05, 4.69) is 0 Å². The summed E-state index contributed by atoms with van der Waals surface area (Å²) in [6, 6.07) is 6.84. The summed E-state index contributed by atoms with van der Waals surface area (Å²) >= 11 is 0. The lowest BCUT2D eigenvalue weighted by atomic mass is 9.95. The molecule has 2 aromatic carbocycles. The van der Waals surface area contributed by atoms with Crippen molar-refractivity contribution >= 4 is 16.7 Å². The second-order valence-electron chi connectivity index (χ2n) is 8.52. The zero-order valence-electron chi connectivity index (χ0n) is 23.1. The van der Waals surface area contributed by atoms with Crippen molar-refractivity contribution in [3.8, 4) is 39.9 Å². The maximum absolute atomic E-state index is 14.1. The van der Waals surface area contributed by atoms with Gasteiger partial charge >= 0.3 is 5.97 Å². The molecule has 1 fully saturated rings. The molecule has 1 aliphatic rings. The van der Waals surface area contributed by atoms with Crippen LogP contribution in [-0.4, -0.2) is 78.6 Å². The van der Waals surface area contributed by atoms with Crippen molar-refractivity contribution in [2.75, 3.05) is 73.0 Å². The van der Waals surface area contributed by atoms with Gasteiger partial charge in [0.05, 0.1) is 73.3 Å². The Morgan fingerprint density at radius 3 is 1.87 bits per heavy atom. The molecule has 210 valence electrons. The van der Waals surface area contributed by atoms with E-state index in [4.69, 9.17) is 33.2 Å². The molecule has 0 radical (unpaired) electrons. The maximum atomic E-state index is 14.1. The first kappa shape index (κ1) is 27.9. The minimum Gasteiger partial charge on any atom is -0.493 e. The van der Waals surface area contributed by atoms with Crippen LogP contribution >= 0.6 is 0 Å². The number of pyridine rings is 1. The van der Waals surface area contributed by atoms with Gasteiger partial charge in [-0.15, -0.1) is 0 Å². The van der Waals surface area contributed by atoms with E-state index in [1.54, 1.807) is 29.3 Å². The summed E-state index contributed by atoms with van der Waals surface area (Å²) in [6.07, 6.45) is 0. The first-order valence-corrected chi connectivity index (χ1v) is 12.7. The minimum absolute atomic E-state index is 0.0535. The SMILES string of the molecule is CCOc1cc2c(-c3cc(OC)c(OC)c(OC)c3)c(C(=O)OC)n(N3CCOCC3)c(=O)c2cc1OCC. The predicted molar refractivity (Wildman–Crippen MR) is 146 cm³/mol. The quantitative estimate of drug-likeness (QED) is 0.355. The van der Waals surface area contributed by atoms with E-state index < -0.39 is 11.5 Å². The van der Waals surface area contributed by atoms with Crippen LogP contribution in [0.15, 0.2) is 29.1 Å². The molecular weight excluding hydrogens is 508 g/mol. The lowest BCUT2D eigenvalue weighted by Gasteiger charge is -2.33. The number of carbonyl (C=O) groups excluding carboxylic acids is 1. The highest BCUT2D eigenvalue weighted by molar-refractivity contribution is 6.08. The monoisotopic (exact) mass is 542 g/mol. The topological polar surface area (TPSA) is 107 Å². The van der Waals surface area contributed by atoms with Crippen LogP contribution in [0.2, 0.25) is 0 Å². The molecule has 11 heteroatoms. The van der Waals surface area contributed by atoms with Gasteiger partial charge in [-0.25, -0.2) is 9.47 Å². The van der Waals surface area contributed by atoms with E-state index in [-0.39, 0.29) is 5.69 Å². The molecule has 39 heavy (non-hydrogen) atoms. The molecule has 0 spiro atoms. The normalized spacial score (nSPS) is 13.2. The average molecular weight is 543 g/mol. The number of nitrogens with zero attached hydrogens (tertiary/aromatic N) is 2. The van der Waals surface area contributed by atoms with Crippen molar-refractivity contribution in [1.29, 1.82) is 0 Å². The van der Waals surface area contributed by atoms with Gasteiger partial charge in [0.15, 0.2) is 28.7 Å². The number of esters is 1. The third-order valence-electron chi connectivity index (χ3n) is 6.43. The van der Waals surface area contributed by atoms with Crippen LogP contribution in [0.25, 0.3) is 21.9 Å². The van der Waals surface area contributed by atoms with Crippen LogP contribution in [0.1, 0.15) is 24.3 Å². The van der Waals surface area contributed by atoms with Crippen molar-refractivity contribution in [1.82, 2.24) is 4.68 Å². The highest BCUT2D eigenvalue weighted by Gasteiger charge is 2.30. The molecule has 2 heterocycles. The zero-order chi connectivity index (χ0) is 28.1. The molecule has 3 aromatic rings. The highest BCUT2D eigenvalue weighted by Crippen LogP contribution is 2.45. The molecule has 0 aliphatic carbocycles. The zero-order valence-corrected chi connectivity index (χ0v) is 23.1. The second kappa shape index (κ2) is 12.2. The summed E-state index contributed by atoms with van der Waals surface area (Å²) in [7, 11) is 5.81. The van der Waals surface area contributed by atoms with Crippen molar-refractivity contribution in [3.63, 3.8) is 0 Å². The van der Waals surface area contributed by atoms with Gasteiger partial charge in [0.1, 0.15) is 0 Å². The van der Waals surface area contributed by atoms with E-state index in [1.165, 1.54) is 33.1 Å². The maximum Gasteiger partial charge on any atom is 0.357 e. The lowest BCUT2D eigenvalue weighted by Crippen LogP contribution is -2.51. The first-order chi connectivity index (χ1) is 18.9. The number of rotatable bonds is 10. The molecule has 0 bridgehead atoms. The molecule has 0 amide bonds. The Kier molecular flexibility index (Phi) is 8.70. The number of carbonyl (C=O) groups is 1. The van der Waals surface area contributed by atoms with Gasteiger partial charge in [-0.2, -0.15) is 0 Å². The van der Waals surface area contributed by atoms with E-state index in [0.29, 0.717) is 90.2 Å². The molecule has 11 nitrogen and oxygen atoms in total. The molecule has 1 saturated heterocycles. The van der Waals surface area contributed by atoms with Gasteiger partial charge < -0.3 is 38.2 Å². The number of ether oxygens (including phenoxy) is 7. The van der Waals surface area contributed by atoms with E-state index >= 15 is 0 Å². The fraction of sp³-hybridized carbons (Fsp3) is 0.429. The van der Waals surface area contributed by atoms with Gasteiger partial charge in [-0.05, 0) is 43.7 Å². The van der Waals surface area contributed by atoms with E-state index in [0.717, 1.165) is 0 Å². The van der Waals surface area contributed by atoms with Crippen molar-refractivity contribution < 1.29 is 38.0 Å². The Morgan fingerprint density at radius 2 is 1.38 bits per heavy atom.